The Labute approximate surface area is 232 Å². The largest absolute Gasteiger partial charge is 0.444 e. The Morgan fingerprint density at radius 2 is 1.87 bits per heavy atom. The first kappa shape index (κ1) is 27.0. The molecule has 0 unspecified atom stereocenters. The van der Waals surface area contributed by atoms with Crippen LogP contribution in [0.5, 0.6) is 0 Å². The molecule has 0 bridgehead atoms. The number of nitrogens with one attached hydrogen (secondary N) is 1. The molecule has 10 heteroatoms. The summed E-state index contributed by atoms with van der Waals surface area (Å²) in [7, 11) is 0. The fraction of sp³-hybridized carbons (Fsp3) is 0.414. The van der Waals surface area contributed by atoms with E-state index in [1.165, 1.54) is 12.4 Å². The monoisotopic (exact) mass is 550 g/mol. The van der Waals surface area contributed by atoms with Gasteiger partial charge in [-0.15, -0.1) is 0 Å². The van der Waals surface area contributed by atoms with Gasteiger partial charge in [-0.1, -0.05) is 29.5 Å². The van der Waals surface area contributed by atoms with Crippen molar-refractivity contribution in [1.82, 2.24) is 19.8 Å². The van der Waals surface area contributed by atoms with Gasteiger partial charge in [0.1, 0.15) is 17.7 Å². The predicted molar refractivity (Wildman–Crippen MR) is 151 cm³/mol. The van der Waals surface area contributed by atoms with E-state index < -0.39 is 11.4 Å². The SMILES string of the molecule is CC(C)(C)OC(=O)N1CC2(C1)CN(C(C)(C)C#Cc1cc3ncnc(Nc4cccc(Cl)c4F)c3cc1N)C2. The molecule has 0 atom stereocenters. The number of aromatic nitrogens is 2. The van der Waals surface area contributed by atoms with E-state index in [4.69, 9.17) is 22.1 Å². The lowest BCUT2D eigenvalue weighted by Gasteiger charge is -2.62. The second kappa shape index (κ2) is 9.54. The van der Waals surface area contributed by atoms with Crippen LogP contribution < -0.4 is 11.1 Å². The highest BCUT2D eigenvalue weighted by Crippen LogP contribution is 2.43. The number of carbonyl (C=O) groups is 1. The summed E-state index contributed by atoms with van der Waals surface area (Å²) < 4.78 is 19.9. The van der Waals surface area contributed by atoms with Gasteiger partial charge >= 0.3 is 6.09 Å². The number of carbonyl (C=O) groups excluding carboxylic acids is 1. The van der Waals surface area contributed by atoms with Crippen LogP contribution in [0.15, 0.2) is 36.7 Å². The minimum atomic E-state index is -0.559. The van der Waals surface area contributed by atoms with Crippen molar-refractivity contribution < 1.29 is 13.9 Å². The third-order valence-corrected chi connectivity index (χ3v) is 7.35. The van der Waals surface area contributed by atoms with E-state index in [-0.39, 0.29) is 27.8 Å². The van der Waals surface area contributed by atoms with Gasteiger partial charge in [0.2, 0.25) is 0 Å². The van der Waals surface area contributed by atoms with Crippen molar-refractivity contribution in [3.63, 3.8) is 0 Å². The summed E-state index contributed by atoms with van der Waals surface area (Å²) in [5.74, 6) is 6.46. The Bertz CT molecular complexity index is 1510. The zero-order valence-electron chi connectivity index (χ0n) is 22.7. The van der Waals surface area contributed by atoms with E-state index in [0.29, 0.717) is 41.1 Å². The van der Waals surface area contributed by atoms with Crippen molar-refractivity contribution in [2.45, 2.75) is 45.8 Å². The van der Waals surface area contributed by atoms with Gasteiger partial charge in [0.25, 0.3) is 0 Å². The average molecular weight is 551 g/mol. The number of nitrogen functional groups attached to an aromatic ring is 1. The number of anilines is 3. The molecule has 2 aliphatic heterocycles. The van der Waals surface area contributed by atoms with Crippen LogP contribution in [0.4, 0.5) is 26.4 Å². The molecule has 3 aromatic rings. The number of nitrogens with two attached hydrogens (primary N) is 1. The van der Waals surface area contributed by atoms with E-state index >= 15 is 0 Å². The number of amides is 1. The molecule has 0 radical (unpaired) electrons. The van der Waals surface area contributed by atoms with Gasteiger partial charge in [-0.25, -0.2) is 19.2 Å². The van der Waals surface area contributed by atoms with Gasteiger partial charge in [-0.2, -0.15) is 0 Å². The van der Waals surface area contributed by atoms with Crippen LogP contribution in [0.3, 0.4) is 0 Å². The molecule has 2 fully saturated rings. The fourth-order valence-electron chi connectivity index (χ4n) is 4.93. The standard InChI is InChI=1S/C29H32ClFN6O2/c1-27(2,3)39-26(38)36-13-29(14-36)15-37(16-29)28(4,5)10-9-18-11-23-19(12-21(18)32)25(34-17-33-23)35-22-8-6-7-20(30)24(22)31/h6-8,11-12,17H,13-16,32H2,1-5H3,(H,33,34,35). The van der Waals surface area contributed by atoms with Crippen molar-refractivity contribution in [3.05, 3.63) is 53.1 Å². The summed E-state index contributed by atoms with van der Waals surface area (Å²) in [5, 5.41) is 3.65. The molecule has 39 heavy (non-hydrogen) atoms. The van der Waals surface area contributed by atoms with E-state index in [2.05, 4.69) is 45.9 Å². The molecule has 3 heterocycles. The number of halogens is 2. The highest BCUT2D eigenvalue weighted by molar-refractivity contribution is 6.31. The van der Waals surface area contributed by atoms with Crippen molar-refractivity contribution in [2.24, 2.45) is 5.41 Å². The molecule has 204 valence electrons. The number of hydrogen-bond donors (Lipinski definition) is 2. The van der Waals surface area contributed by atoms with Crippen molar-refractivity contribution >= 4 is 45.8 Å². The number of ether oxygens (including phenoxy) is 1. The first-order chi connectivity index (χ1) is 18.3. The number of benzene rings is 2. The minimum absolute atomic E-state index is 0.0175. The molecular formula is C29H32ClFN6O2. The van der Waals surface area contributed by atoms with Crippen LogP contribution in [-0.2, 0) is 4.74 Å². The molecule has 8 nitrogen and oxygen atoms in total. The molecule has 3 N–H and O–H groups in total. The Morgan fingerprint density at radius 3 is 2.56 bits per heavy atom. The summed E-state index contributed by atoms with van der Waals surface area (Å²) in [6.07, 6.45) is 1.15. The van der Waals surface area contributed by atoms with Crippen molar-refractivity contribution in [3.8, 4) is 11.8 Å². The topological polar surface area (TPSA) is 96.6 Å². The van der Waals surface area contributed by atoms with Crippen LogP contribution >= 0.6 is 11.6 Å². The molecule has 2 saturated heterocycles. The lowest BCUT2D eigenvalue weighted by molar-refractivity contribution is -0.133. The minimum Gasteiger partial charge on any atom is -0.444 e. The highest BCUT2D eigenvalue weighted by Gasteiger charge is 2.56. The van der Waals surface area contributed by atoms with Crippen LogP contribution in [-0.4, -0.2) is 63.2 Å². The summed E-state index contributed by atoms with van der Waals surface area (Å²) in [6.45, 7) is 12.9. The Morgan fingerprint density at radius 1 is 1.15 bits per heavy atom. The quantitative estimate of drug-likeness (QED) is 0.331. The molecular weight excluding hydrogens is 519 g/mol. The van der Waals surface area contributed by atoms with E-state index in [0.717, 1.165) is 13.1 Å². The van der Waals surface area contributed by atoms with Gasteiger partial charge in [-0.05, 0) is 58.9 Å². The zero-order valence-corrected chi connectivity index (χ0v) is 23.5. The summed E-state index contributed by atoms with van der Waals surface area (Å²) in [4.78, 5) is 25.0. The van der Waals surface area contributed by atoms with Crippen LogP contribution in [0, 0.1) is 23.1 Å². The van der Waals surface area contributed by atoms with Gasteiger partial charge in [-0.3, -0.25) is 4.90 Å². The Kier molecular flexibility index (Phi) is 6.60. The van der Waals surface area contributed by atoms with Crippen molar-refractivity contribution in [1.29, 1.82) is 0 Å². The van der Waals surface area contributed by atoms with Crippen LogP contribution in [0.2, 0.25) is 5.02 Å². The maximum atomic E-state index is 14.4. The Hall–Kier alpha value is -3.61. The zero-order chi connectivity index (χ0) is 28.2. The predicted octanol–water partition coefficient (Wildman–Crippen LogP) is 5.43. The Balaban J connectivity index is 1.28. The first-order valence-corrected chi connectivity index (χ1v) is 13.1. The van der Waals surface area contributed by atoms with Crippen LogP contribution in [0.25, 0.3) is 10.9 Å². The smallest absolute Gasteiger partial charge is 0.410 e. The molecule has 5 rings (SSSR count). The third kappa shape index (κ3) is 5.45. The molecule has 0 saturated carbocycles. The fourth-order valence-corrected chi connectivity index (χ4v) is 5.11. The van der Waals surface area contributed by atoms with Gasteiger partial charge < -0.3 is 20.7 Å². The van der Waals surface area contributed by atoms with Crippen molar-refractivity contribution in [2.75, 3.05) is 37.2 Å². The molecule has 1 aromatic heterocycles. The molecule has 2 aromatic carbocycles. The number of nitrogens with zero attached hydrogens (tertiary/aromatic N) is 4. The number of likely N-dealkylation sites (tertiary alicyclic amines) is 2. The summed E-state index contributed by atoms with van der Waals surface area (Å²) in [5.41, 5.74) is 7.57. The molecule has 1 amide bonds. The van der Waals surface area contributed by atoms with E-state index in [1.807, 2.05) is 26.8 Å². The normalized spacial score (nSPS) is 16.7. The highest BCUT2D eigenvalue weighted by atomic mass is 35.5. The maximum absolute atomic E-state index is 14.4. The molecule has 0 aliphatic carbocycles. The lowest BCUT2D eigenvalue weighted by Crippen LogP contribution is -2.75. The number of rotatable bonds is 3. The average Bonchev–Trinajstić information content (AvgIpc) is 2.78. The summed E-state index contributed by atoms with van der Waals surface area (Å²) in [6, 6.07) is 8.28. The van der Waals surface area contributed by atoms with Crippen LogP contribution in [0.1, 0.15) is 40.2 Å². The van der Waals surface area contributed by atoms with Gasteiger partial charge in [0.05, 0.1) is 21.8 Å². The number of fused-ring (bicyclic) bond motifs is 1. The molecule has 1 spiro atoms. The third-order valence-electron chi connectivity index (χ3n) is 7.06. The second-order valence-electron chi connectivity index (χ2n) is 11.9. The van der Waals surface area contributed by atoms with E-state index in [1.54, 1.807) is 23.1 Å². The van der Waals surface area contributed by atoms with Gasteiger partial charge in [0, 0.05) is 48.2 Å². The van der Waals surface area contributed by atoms with E-state index in [9.17, 15) is 9.18 Å². The molecule has 2 aliphatic rings. The maximum Gasteiger partial charge on any atom is 0.410 e. The first-order valence-electron chi connectivity index (χ1n) is 12.8. The summed E-state index contributed by atoms with van der Waals surface area (Å²) >= 11 is 5.91. The lowest BCUT2D eigenvalue weighted by atomic mass is 9.71. The van der Waals surface area contributed by atoms with Gasteiger partial charge in [0.15, 0.2) is 5.82 Å². The second-order valence-corrected chi connectivity index (χ2v) is 12.3. The number of hydrogen-bond acceptors (Lipinski definition) is 7.